The lowest BCUT2D eigenvalue weighted by molar-refractivity contribution is -0.127. The SMILES string of the molecule is CCOC1CC(N[C@@H](C)c2ccncc2)C1(C)CC. The van der Waals surface area contributed by atoms with Crippen LogP contribution in [-0.4, -0.2) is 23.7 Å². The fraction of sp³-hybridized carbons (Fsp3) is 0.688. The van der Waals surface area contributed by atoms with E-state index in [-0.39, 0.29) is 5.41 Å². The molecule has 0 spiro atoms. The van der Waals surface area contributed by atoms with Crippen LogP contribution in [0.1, 0.15) is 52.1 Å². The van der Waals surface area contributed by atoms with Crippen molar-refractivity contribution in [3.8, 4) is 0 Å². The van der Waals surface area contributed by atoms with Gasteiger partial charge in [-0.3, -0.25) is 4.98 Å². The first-order valence-corrected chi connectivity index (χ1v) is 7.39. The van der Waals surface area contributed by atoms with Gasteiger partial charge in [-0.1, -0.05) is 13.8 Å². The van der Waals surface area contributed by atoms with Crippen molar-refractivity contribution in [3.63, 3.8) is 0 Å². The summed E-state index contributed by atoms with van der Waals surface area (Å²) in [5.74, 6) is 0. The molecule has 0 saturated heterocycles. The summed E-state index contributed by atoms with van der Waals surface area (Å²) in [6, 6.07) is 5.07. The molecule has 1 aliphatic rings. The Morgan fingerprint density at radius 1 is 1.42 bits per heavy atom. The fourth-order valence-corrected chi connectivity index (χ4v) is 3.06. The quantitative estimate of drug-likeness (QED) is 0.854. The molecule has 1 aromatic heterocycles. The van der Waals surface area contributed by atoms with E-state index in [1.165, 1.54) is 5.56 Å². The van der Waals surface area contributed by atoms with Crippen LogP contribution >= 0.6 is 0 Å². The van der Waals surface area contributed by atoms with Gasteiger partial charge in [0.25, 0.3) is 0 Å². The van der Waals surface area contributed by atoms with Crippen LogP contribution in [0.3, 0.4) is 0 Å². The van der Waals surface area contributed by atoms with Gasteiger partial charge in [-0.15, -0.1) is 0 Å². The Bertz CT molecular complexity index is 395. The van der Waals surface area contributed by atoms with E-state index in [1.807, 2.05) is 12.4 Å². The Labute approximate surface area is 116 Å². The number of hydrogen-bond donors (Lipinski definition) is 1. The van der Waals surface area contributed by atoms with E-state index in [0.717, 1.165) is 19.4 Å². The maximum atomic E-state index is 5.85. The zero-order chi connectivity index (χ0) is 13.9. The molecule has 1 aromatic rings. The summed E-state index contributed by atoms with van der Waals surface area (Å²) in [6.07, 6.45) is 6.39. The number of aromatic nitrogens is 1. The average molecular weight is 262 g/mol. The average Bonchev–Trinajstić information content (AvgIpc) is 2.46. The van der Waals surface area contributed by atoms with Crippen LogP contribution in [-0.2, 0) is 4.74 Å². The van der Waals surface area contributed by atoms with E-state index < -0.39 is 0 Å². The highest BCUT2D eigenvalue weighted by molar-refractivity contribution is 5.16. The van der Waals surface area contributed by atoms with Crippen LogP contribution in [0.4, 0.5) is 0 Å². The maximum Gasteiger partial charge on any atom is 0.0658 e. The van der Waals surface area contributed by atoms with Crippen molar-refractivity contribution in [3.05, 3.63) is 30.1 Å². The summed E-state index contributed by atoms with van der Waals surface area (Å²) < 4.78 is 5.85. The molecule has 1 saturated carbocycles. The predicted molar refractivity (Wildman–Crippen MR) is 78.0 cm³/mol. The Balaban J connectivity index is 1.97. The smallest absolute Gasteiger partial charge is 0.0658 e. The topological polar surface area (TPSA) is 34.1 Å². The molecule has 1 N–H and O–H groups in total. The molecule has 3 heteroatoms. The lowest BCUT2D eigenvalue weighted by atomic mass is 9.61. The summed E-state index contributed by atoms with van der Waals surface area (Å²) in [6.45, 7) is 9.72. The van der Waals surface area contributed by atoms with Crippen molar-refractivity contribution in [2.75, 3.05) is 6.61 Å². The van der Waals surface area contributed by atoms with Crippen molar-refractivity contribution < 1.29 is 4.74 Å². The van der Waals surface area contributed by atoms with Crippen molar-refractivity contribution in [2.45, 2.75) is 58.7 Å². The van der Waals surface area contributed by atoms with Gasteiger partial charge < -0.3 is 10.1 Å². The number of ether oxygens (including phenoxy) is 1. The number of nitrogens with zero attached hydrogens (tertiary/aromatic N) is 1. The Morgan fingerprint density at radius 2 is 2.11 bits per heavy atom. The van der Waals surface area contributed by atoms with E-state index in [2.05, 4.69) is 50.1 Å². The molecule has 0 aliphatic heterocycles. The first-order chi connectivity index (χ1) is 9.11. The minimum absolute atomic E-state index is 0.261. The van der Waals surface area contributed by atoms with Gasteiger partial charge in [-0.2, -0.15) is 0 Å². The lowest BCUT2D eigenvalue weighted by Crippen LogP contribution is -2.62. The molecule has 0 aromatic carbocycles. The van der Waals surface area contributed by atoms with Gasteiger partial charge in [-0.25, -0.2) is 0 Å². The number of hydrogen-bond acceptors (Lipinski definition) is 3. The van der Waals surface area contributed by atoms with Gasteiger partial charge in [0.1, 0.15) is 0 Å². The molecule has 2 rings (SSSR count). The predicted octanol–water partition coefficient (Wildman–Crippen LogP) is 3.33. The van der Waals surface area contributed by atoms with Crippen molar-refractivity contribution in [1.82, 2.24) is 10.3 Å². The minimum atomic E-state index is 0.261. The van der Waals surface area contributed by atoms with Crippen LogP contribution in [0.2, 0.25) is 0 Å². The maximum absolute atomic E-state index is 5.85. The largest absolute Gasteiger partial charge is 0.378 e. The first kappa shape index (κ1) is 14.5. The van der Waals surface area contributed by atoms with Gasteiger partial charge in [-0.05, 0) is 44.4 Å². The zero-order valence-corrected chi connectivity index (χ0v) is 12.5. The molecule has 0 radical (unpaired) electrons. The highest BCUT2D eigenvalue weighted by Gasteiger charge is 2.51. The van der Waals surface area contributed by atoms with Crippen LogP contribution in [0.5, 0.6) is 0 Å². The Hall–Kier alpha value is -0.930. The number of rotatable bonds is 6. The molecule has 3 nitrogen and oxygen atoms in total. The van der Waals surface area contributed by atoms with Crippen LogP contribution in [0.15, 0.2) is 24.5 Å². The summed E-state index contributed by atoms with van der Waals surface area (Å²) in [5.41, 5.74) is 1.56. The Morgan fingerprint density at radius 3 is 2.68 bits per heavy atom. The van der Waals surface area contributed by atoms with E-state index in [4.69, 9.17) is 4.74 Å². The Kier molecular flexibility index (Phi) is 4.58. The van der Waals surface area contributed by atoms with Crippen LogP contribution in [0.25, 0.3) is 0 Å². The van der Waals surface area contributed by atoms with Crippen molar-refractivity contribution >= 4 is 0 Å². The summed E-state index contributed by atoms with van der Waals surface area (Å²) >= 11 is 0. The normalized spacial score (nSPS) is 31.8. The van der Waals surface area contributed by atoms with Crippen LogP contribution < -0.4 is 5.32 Å². The molecule has 4 atom stereocenters. The van der Waals surface area contributed by atoms with Gasteiger partial charge in [0.2, 0.25) is 0 Å². The van der Waals surface area contributed by atoms with Gasteiger partial charge in [0.05, 0.1) is 6.10 Å². The highest BCUT2D eigenvalue weighted by Crippen LogP contribution is 2.46. The molecule has 3 unspecified atom stereocenters. The molecule has 0 amide bonds. The zero-order valence-electron chi connectivity index (χ0n) is 12.5. The third kappa shape index (κ3) is 2.82. The fourth-order valence-electron chi connectivity index (χ4n) is 3.06. The lowest BCUT2D eigenvalue weighted by Gasteiger charge is -2.54. The molecule has 19 heavy (non-hydrogen) atoms. The second-order valence-electron chi connectivity index (χ2n) is 5.76. The molecule has 0 bridgehead atoms. The first-order valence-electron chi connectivity index (χ1n) is 7.39. The van der Waals surface area contributed by atoms with E-state index >= 15 is 0 Å². The third-order valence-electron chi connectivity index (χ3n) is 4.77. The second kappa shape index (κ2) is 6.02. The molecular formula is C16H26N2O. The van der Waals surface area contributed by atoms with E-state index in [1.54, 1.807) is 0 Å². The number of pyridine rings is 1. The molecular weight excluding hydrogens is 236 g/mol. The van der Waals surface area contributed by atoms with Gasteiger partial charge >= 0.3 is 0 Å². The molecule has 1 fully saturated rings. The number of nitrogens with one attached hydrogen (secondary N) is 1. The summed E-state index contributed by atoms with van der Waals surface area (Å²) in [5, 5.41) is 3.75. The minimum Gasteiger partial charge on any atom is -0.378 e. The monoisotopic (exact) mass is 262 g/mol. The second-order valence-corrected chi connectivity index (χ2v) is 5.76. The van der Waals surface area contributed by atoms with E-state index in [0.29, 0.717) is 18.2 Å². The molecule has 106 valence electrons. The molecule has 1 aliphatic carbocycles. The van der Waals surface area contributed by atoms with E-state index in [9.17, 15) is 0 Å². The standard InChI is InChI=1S/C16H26N2O/c1-5-16(4)14(11-15(16)19-6-2)18-12(3)13-7-9-17-10-8-13/h7-10,12,14-15,18H,5-6,11H2,1-4H3/t12-,14?,15?,16?/m0/s1. The molecule has 1 heterocycles. The van der Waals surface area contributed by atoms with Crippen molar-refractivity contribution in [1.29, 1.82) is 0 Å². The summed E-state index contributed by atoms with van der Waals surface area (Å²) in [4.78, 5) is 4.07. The van der Waals surface area contributed by atoms with Gasteiger partial charge in [0.15, 0.2) is 0 Å². The van der Waals surface area contributed by atoms with Gasteiger partial charge in [0, 0.05) is 36.5 Å². The third-order valence-corrected chi connectivity index (χ3v) is 4.77. The van der Waals surface area contributed by atoms with Crippen molar-refractivity contribution in [2.24, 2.45) is 5.41 Å². The summed E-state index contributed by atoms with van der Waals surface area (Å²) in [7, 11) is 0. The van der Waals surface area contributed by atoms with Crippen LogP contribution in [0, 0.1) is 5.41 Å². The highest BCUT2D eigenvalue weighted by atomic mass is 16.5.